The highest BCUT2D eigenvalue weighted by atomic mass is 16.5. The van der Waals surface area contributed by atoms with Crippen molar-refractivity contribution in [2.24, 2.45) is 0 Å². The molecule has 24 heavy (non-hydrogen) atoms. The molecule has 120 valence electrons. The van der Waals surface area contributed by atoms with E-state index in [0.29, 0.717) is 23.7 Å². The molecule has 0 atom stereocenters. The second-order valence-corrected chi connectivity index (χ2v) is 5.48. The van der Waals surface area contributed by atoms with Gasteiger partial charge < -0.3 is 10.1 Å². The van der Waals surface area contributed by atoms with E-state index in [0.717, 1.165) is 11.1 Å². The minimum atomic E-state index is -0.212. The van der Waals surface area contributed by atoms with Crippen molar-refractivity contribution in [2.75, 3.05) is 5.32 Å². The van der Waals surface area contributed by atoms with Crippen LogP contribution in [0.25, 0.3) is 0 Å². The third-order valence-corrected chi connectivity index (χ3v) is 3.50. The number of benzene rings is 2. The van der Waals surface area contributed by atoms with Gasteiger partial charge in [0.05, 0.1) is 0 Å². The quantitative estimate of drug-likeness (QED) is 0.766. The molecule has 0 saturated heterocycles. The first kappa shape index (κ1) is 15.7. The Morgan fingerprint density at radius 1 is 1.04 bits per heavy atom. The van der Waals surface area contributed by atoms with Crippen LogP contribution in [0.3, 0.4) is 0 Å². The Hall–Kier alpha value is -3.14. The van der Waals surface area contributed by atoms with Gasteiger partial charge in [0.2, 0.25) is 0 Å². The Balaban J connectivity index is 1.65. The molecule has 1 amide bonds. The fraction of sp³-hybridized carbons (Fsp3) is 0.100. The Bertz CT molecular complexity index is 815. The van der Waals surface area contributed by atoms with Gasteiger partial charge >= 0.3 is 0 Å². The van der Waals surface area contributed by atoms with Crippen molar-refractivity contribution < 1.29 is 9.53 Å². The SMILES string of the molecule is Cc1ccc(NC(=O)c2cccc(OCc3ccccc3)c2)nc1. The van der Waals surface area contributed by atoms with Crippen LogP contribution in [0, 0.1) is 6.92 Å². The number of pyridine rings is 1. The van der Waals surface area contributed by atoms with Crippen molar-refractivity contribution in [3.63, 3.8) is 0 Å². The third kappa shape index (κ3) is 4.20. The molecule has 0 saturated carbocycles. The summed E-state index contributed by atoms with van der Waals surface area (Å²) in [5, 5.41) is 2.78. The minimum Gasteiger partial charge on any atom is -0.489 e. The number of aromatic nitrogens is 1. The first-order valence-corrected chi connectivity index (χ1v) is 7.71. The molecule has 0 bridgehead atoms. The Labute approximate surface area is 141 Å². The topological polar surface area (TPSA) is 51.2 Å². The third-order valence-electron chi connectivity index (χ3n) is 3.50. The molecule has 0 spiro atoms. The second kappa shape index (κ2) is 7.42. The van der Waals surface area contributed by atoms with E-state index in [1.165, 1.54) is 0 Å². The molecule has 1 N–H and O–H groups in total. The average molecular weight is 318 g/mol. The number of amides is 1. The summed E-state index contributed by atoms with van der Waals surface area (Å²) < 4.78 is 5.75. The van der Waals surface area contributed by atoms with E-state index in [2.05, 4.69) is 10.3 Å². The van der Waals surface area contributed by atoms with Gasteiger partial charge in [-0.25, -0.2) is 4.98 Å². The zero-order valence-electron chi connectivity index (χ0n) is 13.4. The van der Waals surface area contributed by atoms with E-state index in [9.17, 15) is 4.79 Å². The lowest BCUT2D eigenvalue weighted by molar-refractivity contribution is 0.102. The molecular formula is C20H18N2O2. The van der Waals surface area contributed by atoms with E-state index in [1.807, 2.05) is 49.4 Å². The summed E-state index contributed by atoms with van der Waals surface area (Å²) in [6.07, 6.45) is 1.72. The molecule has 0 unspecified atom stereocenters. The molecule has 1 heterocycles. The lowest BCUT2D eigenvalue weighted by atomic mass is 10.2. The maximum atomic E-state index is 12.3. The molecular weight excluding hydrogens is 300 g/mol. The van der Waals surface area contributed by atoms with Crippen LogP contribution in [0.5, 0.6) is 5.75 Å². The monoisotopic (exact) mass is 318 g/mol. The molecule has 4 nitrogen and oxygen atoms in total. The van der Waals surface area contributed by atoms with Crippen LogP contribution in [0.4, 0.5) is 5.82 Å². The van der Waals surface area contributed by atoms with E-state index in [4.69, 9.17) is 4.74 Å². The Morgan fingerprint density at radius 2 is 1.88 bits per heavy atom. The number of aryl methyl sites for hydroxylation is 1. The van der Waals surface area contributed by atoms with Gasteiger partial charge in [-0.1, -0.05) is 42.5 Å². The summed E-state index contributed by atoms with van der Waals surface area (Å²) >= 11 is 0. The number of ether oxygens (including phenoxy) is 1. The highest BCUT2D eigenvalue weighted by Crippen LogP contribution is 2.16. The molecule has 0 aliphatic rings. The van der Waals surface area contributed by atoms with Crippen molar-refractivity contribution in [3.05, 3.63) is 89.6 Å². The predicted octanol–water partition coefficient (Wildman–Crippen LogP) is 4.22. The van der Waals surface area contributed by atoms with Crippen LogP contribution in [0.15, 0.2) is 72.9 Å². The summed E-state index contributed by atoms with van der Waals surface area (Å²) in [4.78, 5) is 16.5. The number of carbonyl (C=O) groups is 1. The highest BCUT2D eigenvalue weighted by Gasteiger charge is 2.08. The standard InChI is InChI=1S/C20H18N2O2/c1-15-10-11-19(21-13-15)22-20(23)17-8-5-9-18(12-17)24-14-16-6-3-2-4-7-16/h2-13H,14H2,1H3,(H,21,22,23). The van der Waals surface area contributed by atoms with Gasteiger partial charge in [0.15, 0.2) is 0 Å². The summed E-state index contributed by atoms with van der Waals surface area (Å²) in [7, 11) is 0. The number of carbonyl (C=O) groups excluding carboxylic acids is 1. The minimum absolute atomic E-state index is 0.212. The van der Waals surface area contributed by atoms with E-state index in [1.54, 1.807) is 30.5 Å². The molecule has 1 aromatic heterocycles. The molecule has 0 aliphatic carbocycles. The summed E-state index contributed by atoms with van der Waals surface area (Å²) in [6, 6.07) is 20.7. The maximum absolute atomic E-state index is 12.3. The molecule has 0 radical (unpaired) electrons. The number of nitrogens with zero attached hydrogens (tertiary/aromatic N) is 1. The maximum Gasteiger partial charge on any atom is 0.256 e. The lowest BCUT2D eigenvalue weighted by Crippen LogP contribution is -2.13. The first-order valence-electron chi connectivity index (χ1n) is 7.71. The van der Waals surface area contributed by atoms with Gasteiger partial charge in [-0.15, -0.1) is 0 Å². The molecule has 0 aliphatic heterocycles. The summed E-state index contributed by atoms with van der Waals surface area (Å²) in [5.74, 6) is 0.973. The van der Waals surface area contributed by atoms with Crippen LogP contribution in [-0.4, -0.2) is 10.9 Å². The van der Waals surface area contributed by atoms with E-state index < -0.39 is 0 Å². The van der Waals surface area contributed by atoms with E-state index >= 15 is 0 Å². The van der Waals surface area contributed by atoms with Crippen molar-refractivity contribution in [1.29, 1.82) is 0 Å². The fourth-order valence-electron chi connectivity index (χ4n) is 2.20. The van der Waals surface area contributed by atoms with Crippen LogP contribution >= 0.6 is 0 Å². The summed E-state index contributed by atoms with van der Waals surface area (Å²) in [6.45, 7) is 2.41. The number of nitrogens with one attached hydrogen (secondary N) is 1. The van der Waals surface area contributed by atoms with E-state index in [-0.39, 0.29) is 5.91 Å². The average Bonchev–Trinajstić information content (AvgIpc) is 2.63. The van der Waals surface area contributed by atoms with Crippen LogP contribution in [0.1, 0.15) is 21.5 Å². The number of rotatable bonds is 5. The van der Waals surface area contributed by atoms with Gasteiger partial charge in [-0.05, 0) is 42.3 Å². The number of anilines is 1. The largest absolute Gasteiger partial charge is 0.489 e. The molecule has 4 heteroatoms. The van der Waals surface area contributed by atoms with Gasteiger partial charge in [0.25, 0.3) is 5.91 Å². The van der Waals surface area contributed by atoms with Gasteiger partial charge in [-0.3, -0.25) is 4.79 Å². The highest BCUT2D eigenvalue weighted by molar-refractivity contribution is 6.03. The van der Waals surface area contributed by atoms with Crippen LogP contribution in [0.2, 0.25) is 0 Å². The Kier molecular flexibility index (Phi) is 4.87. The van der Waals surface area contributed by atoms with Crippen molar-refractivity contribution >= 4 is 11.7 Å². The first-order chi connectivity index (χ1) is 11.7. The smallest absolute Gasteiger partial charge is 0.256 e. The number of hydrogen-bond donors (Lipinski definition) is 1. The normalized spacial score (nSPS) is 10.2. The predicted molar refractivity (Wildman–Crippen MR) is 94.1 cm³/mol. The van der Waals surface area contributed by atoms with Gasteiger partial charge in [-0.2, -0.15) is 0 Å². The van der Waals surface area contributed by atoms with Gasteiger partial charge in [0, 0.05) is 11.8 Å². The van der Waals surface area contributed by atoms with Crippen molar-refractivity contribution in [1.82, 2.24) is 4.98 Å². The van der Waals surface area contributed by atoms with Crippen LogP contribution in [-0.2, 0) is 6.61 Å². The molecule has 3 aromatic rings. The van der Waals surface area contributed by atoms with Crippen LogP contribution < -0.4 is 10.1 Å². The molecule has 0 fully saturated rings. The summed E-state index contributed by atoms with van der Waals surface area (Å²) in [5.41, 5.74) is 2.66. The Morgan fingerprint density at radius 3 is 2.62 bits per heavy atom. The molecule has 2 aromatic carbocycles. The number of hydrogen-bond acceptors (Lipinski definition) is 3. The van der Waals surface area contributed by atoms with Gasteiger partial charge in [0.1, 0.15) is 18.2 Å². The lowest BCUT2D eigenvalue weighted by Gasteiger charge is -2.09. The zero-order chi connectivity index (χ0) is 16.8. The molecule has 3 rings (SSSR count). The zero-order valence-corrected chi connectivity index (χ0v) is 13.4. The van der Waals surface area contributed by atoms with Crippen molar-refractivity contribution in [2.45, 2.75) is 13.5 Å². The fourth-order valence-corrected chi connectivity index (χ4v) is 2.20. The second-order valence-electron chi connectivity index (χ2n) is 5.48. The van der Waals surface area contributed by atoms with Crippen molar-refractivity contribution in [3.8, 4) is 5.75 Å².